The average molecular weight is 383 g/mol. The van der Waals surface area contributed by atoms with E-state index in [9.17, 15) is 4.79 Å². The van der Waals surface area contributed by atoms with E-state index >= 15 is 0 Å². The molecule has 1 aromatic heterocycles. The van der Waals surface area contributed by atoms with Gasteiger partial charge in [-0.3, -0.25) is 4.79 Å². The zero-order valence-corrected chi connectivity index (χ0v) is 16.5. The Morgan fingerprint density at radius 1 is 1.43 bits per heavy atom. The predicted octanol–water partition coefficient (Wildman–Crippen LogP) is 2.43. The topological polar surface area (TPSA) is 62.5 Å². The molecule has 23 heavy (non-hydrogen) atoms. The summed E-state index contributed by atoms with van der Waals surface area (Å²) in [5, 5.41) is 2.80. The van der Waals surface area contributed by atoms with Gasteiger partial charge in [-0.05, 0) is 33.2 Å². The van der Waals surface area contributed by atoms with E-state index in [1.165, 1.54) is 11.3 Å². The van der Waals surface area contributed by atoms with Crippen molar-refractivity contribution in [3.05, 3.63) is 16.1 Å². The van der Waals surface area contributed by atoms with Crippen LogP contribution in [0.3, 0.4) is 0 Å². The van der Waals surface area contributed by atoms with Crippen LogP contribution in [0.2, 0.25) is 0 Å². The molecule has 0 bridgehead atoms. The summed E-state index contributed by atoms with van der Waals surface area (Å²) in [6.45, 7) is 7.16. The number of rotatable bonds is 5. The van der Waals surface area contributed by atoms with Gasteiger partial charge in [0.1, 0.15) is 5.69 Å². The highest BCUT2D eigenvalue weighted by atomic mass is 35.5. The van der Waals surface area contributed by atoms with Gasteiger partial charge in [0.05, 0.1) is 5.01 Å². The third kappa shape index (κ3) is 5.87. The Kier molecular flexibility index (Phi) is 10.3. The molecule has 0 saturated carbocycles. The number of halogens is 2. The second kappa shape index (κ2) is 10.5. The van der Waals surface area contributed by atoms with E-state index in [0.717, 1.165) is 37.4 Å². The number of nitrogens with two attached hydrogens (primary N) is 1. The van der Waals surface area contributed by atoms with Gasteiger partial charge in [-0.2, -0.15) is 0 Å². The molecule has 5 nitrogen and oxygen atoms in total. The van der Waals surface area contributed by atoms with Gasteiger partial charge in [-0.1, -0.05) is 0 Å². The van der Waals surface area contributed by atoms with Crippen LogP contribution in [-0.2, 0) is 6.42 Å². The lowest BCUT2D eigenvalue weighted by molar-refractivity contribution is 0.0610. The lowest BCUT2D eigenvalue weighted by atomic mass is 10.0. The van der Waals surface area contributed by atoms with Crippen LogP contribution in [0.25, 0.3) is 0 Å². The van der Waals surface area contributed by atoms with Gasteiger partial charge in [0, 0.05) is 44.0 Å². The van der Waals surface area contributed by atoms with Crippen molar-refractivity contribution >= 4 is 42.1 Å². The number of piperidine rings is 1. The molecule has 0 spiro atoms. The Labute approximate surface area is 155 Å². The van der Waals surface area contributed by atoms with Crippen LogP contribution in [0.15, 0.2) is 5.38 Å². The predicted molar refractivity (Wildman–Crippen MR) is 101 cm³/mol. The van der Waals surface area contributed by atoms with Crippen LogP contribution in [0.1, 0.15) is 42.2 Å². The van der Waals surface area contributed by atoms with Gasteiger partial charge in [-0.25, -0.2) is 4.98 Å². The van der Waals surface area contributed by atoms with Crippen LogP contribution in [0.5, 0.6) is 0 Å². The van der Waals surface area contributed by atoms with Crippen molar-refractivity contribution in [2.75, 3.05) is 26.7 Å². The molecule has 1 amide bonds. The summed E-state index contributed by atoms with van der Waals surface area (Å²) in [6.07, 6.45) is 2.83. The lowest BCUT2D eigenvalue weighted by Gasteiger charge is -2.38. The van der Waals surface area contributed by atoms with Crippen LogP contribution in [-0.4, -0.2) is 59.5 Å². The van der Waals surface area contributed by atoms with E-state index in [1.807, 2.05) is 17.3 Å². The lowest BCUT2D eigenvalue weighted by Crippen LogP contribution is -2.47. The molecule has 8 heteroatoms. The van der Waals surface area contributed by atoms with Crippen LogP contribution in [0.4, 0.5) is 0 Å². The standard InChI is InChI=1S/C15H26N4OS.2ClH/c1-11(2)19-8-5-12(6-9-19)18(3)15(20)13-10-21-14(17-13)4-7-16;;/h10-12H,4-9,16H2,1-3H3;2*1H. The van der Waals surface area contributed by atoms with Crippen molar-refractivity contribution in [3.63, 3.8) is 0 Å². The third-order valence-electron chi connectivity index (χ3n) is 4.23. The van der Waals surface area contributed by atoms with E-state index < -0.39 is 0 Å². The second-order valence-electron chi connectivity index (χ2n) is 5.94. The molecule has 2 rings (SSSR count). The van der Waals surface area contributed by atoms with Crippen molar-refractivity contribution in [2.45, 2.75) is 45.2 Å². The summed E-state index contributed by atoms with van der Waals surface area (Å²) in [5.74, 6) is 0.0394. The van der Waals surface area contributed by atoms with Crippen molar-refractivity contribution < 1.29 is 4.79 Å². The van der Waals surface area contributed by atoms with E-state index in [-0.39, 0.29) is 30.7 Å². The van der Waals surface area contributed by atoms with Crippen LogP contribution < -0.4 is 5.73 Å². The van der Waals surface area contributed by atoms with Gasteiger partial charge in [0.15, 0.2) is 0 Å². The maximum Gasteiger partial charge on any atom is 0.273 e. The molecule has 0 unspecified atom stereocenters. The summed E-state index contributed by atoms with van der Waals surface area (Å²) >= 11 is 1.52. The van der Waals surface area contributed by atoms with E-state index in [2.05, 4.69) is 23.7 Å². The smallest absolute Gasteiger partial charge is 0.273 e. The van der Waals surface area contributed by atoms with Crippen LogP contribution >= 0.6 is 36.2 Å². The largest absolute Gasteiger partial charge is 0.337 e. The number of hydrogen-bond acceptors (Lipinski definition) is 5. The molecule has 1 fully saturated rings. The highest BCUT2D eigenvalue weighted by molar-refractivity contribution is 7.09. The third-order valence-corrected chi connectivity index (χ3v) is 5.14. The molecule has 1 aliphatic heterocycles. The van der Waals surface area contributed by atoms with Crippen molar-refractivity contribution in [2.24, 2.45) is 5.73 Å². The Morgan fingerprint density at radius 3 is 2.57 bits per heavy atom. The molecular formula is C15H28Cl2N4OS. The average Bonchev–Trinajstić information content (AvgIpc) is 2.95. The molecule has 134 valence electrons. The van der Waals surface area contributed by atoms with E-state index in [4.69, 9.17) is 5.73 Å². The first kappa shape index (κ1) is 22.6. The van der Waals surface area contributed by atoms with Crippen molar-refractivity contribution in [1.82, 2.24) is 14.8 Å². The summed E-state index contributed by atoms with van der Waals surface area (Å²) in [7, 11) is 1.90. The van der Waals surface area contributed by atoms with E-state index in [0.29, 0.717) is 24.3 Å². The first-order valence-electron chi connectivity index (χ1n) is 7.68. The second-order valence-corrected chi connectivity index (χ2v) is 6.88. The Morgan fingerprint density at radius 2 is 2.04 bits per heavy atom. The molecular weight excluding hydrogens is 355 g/mol. The molecule has 0 atom stereocenters. The van der Waals surface area contributed by atoms with Gasteiger partial charge in [0.25, 0.3) is 5.91 Å². The fraction of sp³-hybridized carbons (Fsp3) is 0.733. The highest BCUT2D eigenvalue weighted by Gasteiger charge is 2.27. The number of amides is 1. The zero-order chi connectivity index (χ0) is 15.4. The quantitative estimate of drug-likeness (QED) is 0.848. The molecule has 2 N–H and O–H groups in total. The molecule has 1 saturated heterocycles. The molecule has 0 aliphatic carbocycles. The van der Waals surface area contributed by atoms with Crippen LogP contribution in [0, 0.1) is 0 Å². The normalized spacial score (nSPS) is 15.9. The Bertz CT molecular complexity index is 476. The molecule has 0 aromatic carbocycles. The summed E-state index contributed by atoms with van der Waals surface area (Å²) < 4.78 is 0. The number of carbonyl (C=O) groups excluding carboxylic acids is 1. The SMILES string of the molecule is CC(C)N1CCC(N(C)C(=O)c2csc(CCN)n2)CC1.Cl.Cl. The van der Waals surface area contributed by atoms with Crippen molar-refractivity contribution in [3.8, 4) is 0 Å². The maximum absolute atomic E-state index is 12.5. The molecule has 0 radical (unpaired) electrons. The minimum atomic E-state index is 0. The van der Waals surface area contributed by atoms with E-state index in [1.54, 1.807) is 0 Å². The maximum atomic E-state index is 12.5. The van der Waals surface area contributed by atoms with Crippen molar-refractivity contribution in [1.29, 1.82) is 0 Å². The Balaban J connectivity index is 0.00000242. The highest BCUT2D eigenvalue weighted by Crippen LogP contribution is 2.20. The fourth-order valence-electron chi connectivity index (χ4n) is 2.78. The molecule has 1 aromatic rings. The number of hydrogen-bond donors (Lipinski definition) is 1. The van der Waals surface area contributed by atoms with Gasteiger partial charge >= 0.3 is 0 Å². The monoisotopic (exact) mass is 382 g/mol. The number of aromatic nitrogens is 1. The number of nitrogens with zero attached hydrogens (tertiary/aromatic N) is 3. The number of carbonyl (C=O) groups is 1. The fourth-order valence-corrected chi connectivity index (χ4v) is 3.57. The summed E-state index contributed by atoms with van der Waals surface area (Å²) in [6, 6.07) is 0.913. The molecule has 2 heterocycles. The number of likely N-dealkylation sites (tertiary alicyclic amines) is 1. The van der Waals surface area contributed by atoms with Gasteiger partial charge in [-0.15, -0.1) is 36.2 Å². The Hall–Kier alpha value is -0.400. The summed E-state index contributed by atoms with van der Waals surface area (Å²) in [4.78, 5) is 21.2. The first-order valence-corrected chi connectivity index (χ1v) is 8.56. The summed E-state index contributed by atoms with van der Waals surface area (Å²) in [5.41, 5.74) is 6.09. The zero-order valence-electron chi connectivity index (χ0n) is 14.0. The molecule has 1 aliphatic rings. The minimum Gasteiger partial charge on any atom is -0.337 e. The first-order chi connectivity index (χ1) is 10.0. The van der Waals surface area contributed by atoms with Gasteiger partial charge < -0.3 is 15.5 Å². The number of thiazole rings is 1. The minimum absolute atomic E-state index is 0. The van der Waals surface area contributed by atoms with Gasteiger partial charge in [0.2, 0.25) is 0 Å².